The van der Waals surface area contributed by atoms with E-state index in [4.69, 9.17) is 0 Å². The lowest BCUT2D eigenvalue weighted by atomic mass is 10.1. The van der Waals surface area contributed by atoms with Gasteiger partial charge in [-0.15, -0.1) is 0 Å². The zero-order chi connectivity index (χ0) is 10.5. The Morgan fingerprint density at radius 2 is 2.07 bits per heavy atom. The van der Waals surface area contributed by atoms with E-state index in [9.17, 15) is 0 Å². The zero-order valence-electron chi connectivity index (χ0n) is 8.85. The van der Waals surface area contributed by atoms with Crippen LogP contribution in [0.2, 0.25) is 0 Å². The van der Waals surface area contributed by atoms with Crippen molar-refractivity contribution in [2.75, 3.05) is 7.05 Å². The third kappa shape index (κ3) is 2.44. The average Bonchev–Trinajstić information content (AvgIpc) is 2.74. The summed E-state index contributed by atoms with van der Waals surface area (Å²) in [5.41, 5.74) is 2.68. The minimum Gasteiger partial charge on any atom is -0.333 e. The molecule has 15 heavy (non-hydrogen) atoms. The monoisotopic (exact) mass is 201 g/mol. The van der Waals surface area contributed by atoms with Crippen molar-refractivity contribution < 1.29 is 0 Å². The minimum absolute atomic E-state index is 0.887. The van der Waals surface area contributed by atoms with E-state index in [2.05, 4.69) is 39.1 Å². The molecule has 1 heterocycles. The number of benzene rings is 1. The van der Waals surface area contributed by atoms with Crippen LogP contribution in [0.1, 0.15) is 11.1 Å². The standard InChI is InChI=1S/C12H15N3/c1-13-8-11-4-2-3-5-12(11)9-15-7-6-14-10-15/h2-7,10,13H,8-9H2,1H3. The first-order chi connectivity index (χ1) is 7.40. The van der Waals surface area contributed by atoms with Gasteiger partial charge < -0.3 is 9.88 Å². The Morgan fingerprint density at radius 1 is 1.27 bits per heavy atom. The van der Waals surface area contributed by atoms with Crippen LogP contribution in [-0.2, 0) is 13.1 Å². The summed E-state index contributed by atoms with van der Waals surface area (Å²) in [6, 6.07) is 8.46. The van der Waals surface area contributed by atoms with Gasteiger partial charge in [0.05, 0.1) is 6.33 Å². The Bertz CT molecular complexity index is 407. The van der Waals surface area contributed by atoms with Crippen molar-refractivity contribution in [3.05, 3.63) is 54.1 Å². The largest absolute Gasteiger partial charge is 0.333 e. The molecule has 0 spiro atoms. The van der Waals surface area contributed by atoms with E-state index in [1.807, 2.05) is 19.6 Å². The molecule has 0 bridgehead atoms. The van der Waals surface area contributed by atoms with Gasteiger partial charge in [-0.25, -0.2) is 4.98 Å². The summed E-state index contributed by atoms with van der Waals surface area (Å²) in [4.78, 5) is 4.04. The quantitative estimate of drug-likeness (QED) is 0.815. The molecule has 3 nitrogen and oxygen atoms in total. The fourth-order valence-electron chi connectivity index (χ4n) is 1.65. The van der Waals surface area contributed by atoms with Crippen molar-refractivity contribution in [3.8, 4) is 0 Å². The molecule has 0 fully saturated rings. The highest BCUT2D eigenvalue weighted by Gasteiger charge is 2.00. The molecule has 0 radical (unpaired) electrons. The SMILES string of the molecule is CNCc1ccccc1Cn1ccnc1. The van der Waals surface area contributed by atoms with E-state index in [0.717, 1.165) is 13.1 Å². The summed E-state index contributed by atoms with van der Waals surface area (Å²) in [6.45, 7) is 1.79. The molecule has 0 amide bonds. The predicted octanol–water partition coefficient (Wildman–Crippen LogP) is 1.65. The first-order valence-corrected chi connectivity index (χ1v) is 5.07. The first kappa shape index (κ1) is 9.93. The molecule has 0 aliphatic carbocycles. The van der Waals surface area contributed by atoms with Crippen LogP contribution in [0.3, 0.4) is 0 Å². The summed E-state index contributed by atoms with van der Waals surface area (Å²) in [7, 11) is 1.97. The minimum atomic E-state index is 0.887. The van der Waals surface area contributed by atoms with E-state index in [-0.39, 0.29) is 0 Å². The smallest absolute Gasteiger partial charge is 0.0949 e. The summed E-state index contributed by atoms with van der Waals surface area (Å²) in [5.74, 6) is 0. The normalized spacial score (nSPS) is 10.5. The van der Waals surface area contributed by atoms with Gasteiger partial charge in [0.2, 0.25) is 0 Å². The third-order valence-electron chi connectivity index (χ3n) is 2.40. The summed E-state index contributed by atoms with van der Waals surface area (Å²) < 4.78 is 2.08. The molecule has 2 rings (SSSR count). The van der Waals surface area contributed by atoms with Gasteiger partial charge in [-0.1, -0.05) is 24.3 Å². The topological polar surface area (TPSA) is 29.9 Å². The van der Waals surface area contributed by atoms with Crippen LogP contribution < -0.4 is 5.32 Å². The number of hydrogen-bond donors (Lipinski definition) is 1. The molecule has 2 aromatic rings. The van der Waals surface area contributed by atoms with E-state index < -0.39 is 0 Å². The van der Waals surface area contributed by atoms with E-state index >= 15 is 0 Å². The Kier molecular flexibility index (Phi) is 3.15. The maximum absolute atomic E-state index is 4.04. The molecule has 1 aromatic heterocycles. The number of rotatable bonds is 4. The molecule has 0 saturated heterocycles. The predicted molar refractivity (Wildman–Crippen MR) is 60.5 cm³/mol. The number of hydrogen-bond acceptors (Lipinski definition) is 2. The van der Waals surface area contributed by atoms with Crippen LogP contribution in [0.4, 0.5) is 0 Å². The molecule has 0 aliphatic rings. The molecule has 1 N–H and O–H groups in total. The zero-order valence-corrected chi connectivity index (χ0v) is 8.85. The van der Waals surface area contributed by atoms with Crippen molar-refractivity contribution in [2.45, 2.75) is 13.1 Å². The molecule has 0 aliphatic heterocycles. The molecule has 0 unspecified atom stereocenters. The van der Waals surface area contributed by atoms with Gasteiger partial charge in [-0.05, 0) is 18.2 Å². The summed E-state index contributed by atoms with van der Waals surface area (Å²) in [6.07, 6.45) is 5.63. The highest BCUT2D eigenvalue weighted by molar-refractivity contribution is 5.27. The second-order valence-electron chi connectivity index (χ2n) is 3.53. The second-order valence-corrected chi connectivity index (χ2v) is 3.53. The van der Waals surface area contributed by atoms with Crippen LogP contribution in [0.5, 0.6) is 0 Å². The van der Waals surface area contributed by atoms with Gasteiger partial charge in [0.15, 0.2) is 0 Å². The van der Waals surface area contributed by atoms with Crippen molar-refractivity contribution in [1.82, 2.24) is 14.9 Å². The van der Waals surface area contributed by atoms with Gasteiger partial charge in [0.25, 0.3) is 0 Å². The lowest BCUT2D eigenvalue weighted by Crippen LogP contribution is -2.09. The third-order valence-corrected chi connectivity index (χ3v) is 2.40. The first-order valence-electron chi connectivity index (χ1n) is 5.07. The van der Waals surface area contributed by atoms with Crippen LogP contribution in [0.15, 0.2) is 43.0 Å². The van der Waals surface area contributed by atoms with Crippen LogP contribution in [-0.4, -0.2) is 16.6 Å². The Balaban J connectivity index is 2.20. The fourth-order valence-corrected chi connectivity index (χ4v) is 1.65. The molecule has 1 aromatic carbocycles. The maximum Gasteiger partial charge on any atom is 0.0949 e. The molecular weight excluding hydrogens is 186 g/mol. The lowest BCUT2D eigenvalue weighted by Gasteiger charge is -2.09. The van der Waals surface area contributed by atoms with Gasteiger partial charge in [0.1, 0.15) is 0 Å². The Morgan fingerprint density at radius 3 is 2.73 bits per heavy atom. The van der Waals surface area contributed by atoms with Crippen LogP contribution in [0.25, 0.3) is 0 Å². The summed E-state index contributed by atoms with van der Waals surface area (Å²) >= 11 is 0. The Hall–Kier alpha value is -1.61. The summed E-state index contributed by atoms with van der Waals surface area (Å²) in [5, 5.41) is 3.18. The molecule has 0 atom stereocenters. The number of nitrogens with zero attached hydrogens (tertiary/aromatic N) is 2. The molecule has 78 valence electrons. The average molecular weight is 201 g/mol. The van der Waals surface area contributed by atoms with Crippen molar-refractivity contribution in [3.63, 3.8) is 0 Å². The molecular formula is C12H15N3. The second kappa shape index (κ2) is 4.75. The van der Waals surface area contributed by atoms with Crippen molar-refractivity contribution >= 4 is 0 Å². The van der Waals surface area contributed by atoms with Gasteiger partial charge in [0, 0.05) is 25.5 Å². The molecule has 0 saturated carbocycles. The van der Waals surface area contributed by atoms with E-state index in [1.54, 1.807) is 6.20 Å². The van der Waals surface area contributed by atoms with Crippen molar-refractivity contribution in [1.29, 1.82) is 0 Å². The van der Waals surface area contributed by atoms with Crippen molar-refractivity contribution in [2.24, 2.45) is 0 Å². The number of imidazole rings is 1. The van der Waals surface area contributed by atoms with Gasteiger partial charge in [-0.2, -0.15) is 0 Å². The van der Waals surface area contributed by atoms with E-state index in [0.29, 0.717) is 0 Å². The van der Waals surface area contributed by atoms with E-state index in [1.165, 1.54) is 11.1 Å². The maximum atomic E-state index is 4.04. The number of nitrogens with one attached hydrogen (secondary N) is 1. The van der Waals surface area contributed by atoms with Gasteiger partial charge in [-0.3, -0.25) is 0 Å². The highest BCUT2D eigenvalue weighted by Crippen LogP contribution is 2.10. The van der Waals surface area contributed by atoms with Crippen LogP contribution >= 0.6 is 0 Å². The lowest BCUT2D eigenvalue weighted by molar-refractivity contribution is 0.757. The Labute approximate surface area is 89.8 Å². The highest BCUT2D eigenvalue weighted by atomic mass is 15.0. The molecule has 3 heteroatoms. The number of aromatic nitrogens is 2. The van der Waals surface area contributed by atoms with Crippen LogP contribution in [0, 0.1) is 0 Å². The fraction of sp³-hybridized carbons (Fsp3) is 0.250. The van der Waals surface area contributed by atoms with Gasteiger partial charge >= 0.3 is 0 Å².